The van der Waals surface area contributed by atoms with Gasteiger partial charge in [0, 0.05) is 11.8 Å². The Morgan fingerprint density at radius 3 is 2.46 bits per heavy atom. The monoisotopic (exact) mass is 376 g/mol. The van der Waals surface area contributed by atoms with E-state index in [-0.39, 0.29) is 12.5 Å². The van der Waals surface area contributed by atoms with Crippen molar-refractivity contribution in [3.05, 3.63) is 40.3 Å². The van der Waals surface area contributed by atoms with Gasteiger partial charge < -0.3 is 20.1 Å². The van der Waals surface area contributed by atoms with E-state index in [1.807, 2.05) is 6.92 Å². The first kappa shape index (κ1) is 19.5. The second-order valence-corrected chi connectivity index (χ2v) is 6.72. The van der Waals surface area contributed by atoms with Gasteiger partial charge in [-0.05, 0) is 31.5 Å². The molecule has 8 heteroatoms. The van der Waals surface area contributed by atoms with Gasteiger partial charge >= 0.3 is 5.97 Å². The Labute approximate surface area is 155 Å². The summed E-state index contributed by atoms with van der Waals surface area (Å²) in [6.07, 6.45) is 0. The van der Waals surface area contributed by atoms with Crippen LogP contribution in [0.25, 0.3) is 0 Å². The molecule has 0 spiro atoms. The molecule has 1 aromatic carbocycles. The summed E-state index contributed by atoms with van der Waals surface area (Å²) in [5, 5.41) is 5.75. The number of aryl methyl sites for hydroxylation is 1. The number of ether oxygens (including phenoxy) is 2. The van der Waals surface area contributed by atoms with Gasteiger partial charge in [0.05, 0.1) is 18.4 Å². The fraction of sp³-hybridized carbons (Fsp3) is 0.278. The summed E-state index contributed by atoms with van der Waals surface area (Å²) in [4.78, 5) is 36.3. The third-order valence-electron chi connectivity index (χ3n) is 3.58. The Kier molecular flexibility index (Phi) is 6.35. The zero-order chi connectivity index (χ0) is 19.3. The van der Waals surface area contributed by atoms with E-state index in [1.54, 1.807) is 31.2 Å². The van der Waals surface area contributed by atoms with Crippen LogP contribution >= 0.6 is 11.3 Å². The van der Waals surface area contributed by atoms with Crippen LogP contribution in [0.2, 0.25) is 0 Å². The number of thiophene rings is 1. The van der Waals surface area contributed by atoms with E-state index in [0.717, 1.165) is 10.4 Å². The first-order chi connectivity index (χ1) is 12.3. The number of para-hydroxylation sites is 2. The van der Waals surface area contributed by atoms with Crippen molar-refractivity contribution in [1.82, 2.24) is 0 Å². The highest BCUT2D eigenvalue weighted by Gasteiger charge is 2.21. The fourth-order valence-electron chi connectivity index (χ4n) is 2.25. The number of nitrogens with one attached hydrogen (secondary N) is 2. The molecule has 0 bridgehead atoms. The van der Waals surface area contributed by atoms with Crippen LogP contribution in [0.1, 0.15) is 27.7 Å². The molecule has 0 fully saturated rings. The van der Waals surface area contributed by atoms with E-state index in [4.69, 9.17) is 9.47 Å². The van der Waals surface area contributed by atoms with E-state index in [1.165, 1.54) is 25.4 Å². The van der Waals surface area contributed by atoms with Gasteiger partial charge in [-0.15, -0.1) is 11.3 Å². The van der Waals surface area contributed by atoms with Crippen molar-refractivity contribution in [3.8, 4) is 5.75 Å². The van der Waals surface area contributed by atoms with Crippen LogP contribution in [0, 0.1) is 13.8 Å². The average molecular weight is 376 g/mol. The summed E-state index contributed by atoms with van der Waals surface area (Å²) in [6.45, 7) is 4.78. The third-order valence-corrected chi connectivity index (χ3v) is 4.71. The van der Waals surface area contributed by atoms with E-state index in [0.29, 0.717) is 22.0 Å². The summed E-state index contributed by atoms with van der Waals surface area (Å²) in [6, 6.07) is 6.81. The van der Waals surface area contributed by atoms with E-state index < -0.39 is 11.9 Å². The molecule has 2 amide bonds. The maximum atomic E-state index is 12.2. The highest BCUT2D eigenvalue weighted by molar-refractivity contribution is 7.16. The first-order valence-corrected chi connectivity index (χ1v) is 8.62. The molecule has 0 aliphatic heterocycles. The van der Waals surface area contributed by atoms with E-state index >= 15 is 0 Å². The van der Waals surface area contributed by atoms with Crippen LogP contribution in [0.15, 0.2) is 24.3 Å². The minimum absolute atomic E-state index is 0.238. The van der Waals surface area contributed by atoms with Crippen LogP contribution < -0.4 is 15.4 Å². The van der Waals surface area contributed by atoms with Crippen LogP contribution in [0.5, 0.6) is 5.75 Å². The lowest BCUT2D eigenvalue weighted by atomic mass is 10.1. The van der Waals surface area contributed by atoms with Crippen molar-refractivity contribution in [3.63, 3.8) is 0 Å². The highest BCUT2D eigenvalue weighted by Crippen LogP contribution is 2.33. The molecule has 2 N–H and O–H groups in total. The number of hydrogen-bond donors (Lipinski definition) is 2. The number of rotatable bonds is 6. The smallest absolute Gasteiger partial charge is 0.341 e. The average Bonchev–Trinajstić information content (AvgIpc) is 2.87. The van der Waals surface area contributed by atoms with E-state index in [2.05, 4.69) is 10.6 Å². The van der Waals surface area contributed by atoms with Crippen molar-refractivity contribution in [2.75, 3.05) is 24.4 Å². The second kappa shape index (κ2) is 8.48. The Morgan fingerprint density at radius 1 is 1.12 bits per heavy atom. The van der Waals surface area contributed by atoms with Crippen LogP contribution in [0.3, 0.4) is 0 Å². The summed E-state index contributed by atoms with van der Waals surface area (Å²) in [5.41, 5.74) is 1.60. The summed E-state index contributed by atoms with van der Waals surface area (Å²) in [5.74, 6) is -0.782. The second-order valence-electron chi connectivity index (χ2n) is 5.49. The molecule has 2 rings (SSSR count). The van der Waals surface area contributed by atoms with Crippen molar-refractivity contribution in [2.45, 2.75) is 20.8 Å². The number of carbonyl (C=O) groups excluding carboxylic acids is 3. The summed E-state index contributed by atoms with van der Waals surface area (Å²) < 4.78 is 10.3. The maximum absolute atomic E-state index is 12.2. The van der Waals surface area contributed by atoms with Gasteiger partial charge in [-0.25, -0.2) is 4.79 Å². The zero-order valence-corrected chi connectivity index (χ0v) is 15.8. The van der Waals surface area contributed by atoms with Crippen LogP contribution in [-0.2, 0) is 14.3 Å². The van der Waals surface area contributed by atoms with Crippen molar-refractivity contribution in [2.24, 2.45) is 0 Å². The quantitative estimate of drug-likeness (QED) is 0.756. The standard InChI is InChI=1S/C18H20N2O5S/c1-10-11(2)26-17(16(10)18(23)24-4)20-15(22)9-25-14-8-6-5-7-13(14)19-12(3)21/h5-8H,9H2,1-4H3,(H,19,21)(H,20,22). The molecule has 0 aliphatic carbocycles. The predicted octanol–water partition coefficient (Wildman–Crippen LogP) is 3.13. The normalized spacial score (nSPS) is 10.2. The molecule has 0 radical (unpaired) electrons. The van der Waals surface area contributed by atoms with Gasteiger partial charge in [0.1, 0.15) is 10.8 Å². The third kappa shape index (κ3) is 4.60. The Morgan fingerprint density at radius 2 is 1.81 bits per heavy atom. The van der Waals surface area contributed by atoms with E-state index in [9.17, 15) is 14.4 Å². The van der Waals surface area contributed by atoms with Crippen LogP contribution in [0.4, 0.5) is 10.7 Å². The molecular formula is C18H20N2O5S. The SMILES string of the molecule is COC(=O)c1c(NC(=O)COc2ccccc2NC(C)=O)sc(C)c1C. The Balaban J connectivity index is 2.08. The van der Waals surface area contributed by atoms with Crippen LogP contribution in [-0.4, -0.2) is 31.5 Å². The highest BCUT2D eigenvalue weighted by atomic mass is 32.1. The summed E-state index contributed by atoms with van der Waals surface area (Å²) >= 11 is 1.30. The number of amides is 2. The predicted molar refractivity (Wildman–Crippen MR) is 100 cm³/mol. The fourth-order valence-corrected chi connectivity index (χ4v) is 3.32. The number of methoxy groups -OCH3 is 1. The van der Waals surface area contributed by atoms with Crippen molar-refractivity contribution >= 4 is 39.8 Å². The lowest BCUT2D eigenvalue weighted by Gasteiger charge is -2.11. The summed E-state index contributed by atoms with van der Waals surface area (Å²) in [7, 11) is 1.29. The number of hydrogen-bond acceptors (Lipinski definition) is 6. The minimum Gasteiger partial charge on any atom is -0.482 e. The molecule has 0 unspecified atom stereocenters. The number of esters is 1. The molecule has 0 saturated heterocycles. The number of carbonyl (C=O) groups is 3. The first-order valence-electron chi connectivity index (χ1n) is 7.81. The Hall–Kier alpha value is -2.87. The van der Waals surface area contributed by atoms with Gasteiger partial charge in [0.2, 0.25) is 5.91 Å². The lowest BCUT2D eigenvalue weighted by Crippen LogP contribution is -2.21. The molecular weight excluding hydrogens is 356 g/mol. The van der Waals surface area contributed by atoms with Gasteiger partial charge in [0.25, 0.3) is 5.91 Å². The van der Waals surface area contributed by atoms with Crippen molar-refractivity contribution < 1.29 is 23.9 Å². The molecule has 2 aromatic rings. The molecule has 1 aromatic heterocycles. The van der Waals surface area contributed by atoms with Gasteiger partial charge in [0.15, 0.2) is 6.61 Å². The van der Waals surface area contributed by atoms with Gasteiger partial charge in [-0.1, -0.05) is 12.1 Å². The minimum atomic E-state index is -0.501. The molecule has 138 valence electrons. The van der Waals surface area contributed by atoms with Gasteiger partial charge in [-0.2, -0.15) is 0 Å². The molecule has 0 atom stereocenters. The number of benzene rings is 1. The van der Waals surface area contributed by atoms with Gasteiger partial charge in [-0.3, -0.25) is 9.59 Å². The Bertz CT molecular complexity index is 844. The van der Waals surface area contributed by atoms with Crippen molar-refractivity contribution in [1.29, 1.82) is 0 Å². The largest absolute Gasteiger partial charge is 0.482 e. The molecule has 0 saturated carbocycles. The zero-order valence-electron chi connectivity index (χ0n) is 15.0. The molecule has 7 nitrogen and oxygen atoms in total. The molecule has 0 aliphatic rings. The topological polar surface area (TPSA) is 93.7 Å². The maximum Gasteiger partial charge on any atom is 0.341 e. The molecule has 26 heavy (non-hydrogen) atoms. The number of anilines is 2. The lowest BCUT2D eigenvalue weighted by molar-refractivity contribution is -0.118. The molecule has 1 heterocycles.